The molecule has 162 valence electrons. The number of rotatable bonds is 5. The van der Waals surface area contributed by atoms with Gasteiger partial charge in [-0.3, -0.25) is 9.59 Å². The number of hydrogen-bond donors (Lipinski definition) is 0. The fourth-order valence-corrected chi connectivity index (χ4v) is 5.36. The second-order valence-corrected chi connectivity index (χ2v) is 8.55. The number of esters is 1. The molecule has 2 saturated heterocycles. The Bertz CT molecular complexity index is 1070. The molecule has 1 aromatic heterocycles. The number of amides is 1. The minimum absolute atomic E-state index is 0.0562. The molecule has 1 atom stereocenters. The van der Waals surface area contributed by atoms with Gasteiger partial charge in [-0.15, -0.1) is 0 Å². The first-order valence-electron chi connectivity index (χ1n) is 11.0. The van der Waals surface area contributed by atoms with Crippen LogP contribution in [0.15, 0.2) is 41.3 Å². The molecule has 1 amide bonds. The van der Waals surface area contributed by atoms with Gasteiger partial charge >= 0.3 is 5.97 Å². The topological polar surface area (TPSA) is 77.8 Å². The summed E-state index contributed by atoms with van der Waals surface area (Å²) in [5.74, 6) is -0.450. The molecule has 3 fully saturated rings. The predicted molar refractivity (Wildman–Crippen MR) is 113 cm³/mol. The number of hydrogen-bond acceptors (Lipinski definition) is 5. The van der Waals surface area contributed by atoms with Crippen LogP contribution in [-0.4, -0.2) is 40.0 Å². The number of ether oxygens (including phenoxy) is 2. The van der Waals surface area contributed by atoms with Crippen molar-refractivity contribution in [3.05, 3.63) is 63.6 Å². The molecule has 2 aromatic rings. The number of carbonyl (C=O) groups is 2. The third kappa shape index (κ3) is 3.32. The van der Waals surface area contributed by atoms with Crippen LogP contribution in [0.3, 0.4) is 0 Å². The van der Waals surface area contributed by atoms with E-state index >= 15 is 0 Å². The van der Waals surface area contributed by atoms with Crippen molar-refractivity contribution < 1.29 is 19.1 Å². The third-order valence-corrected chi connectivity index (χ3v) is 6.82. The van der Waals surface area contributed by atoms with Crippen LogP contribution in [0.4, 0.5) is 0 Å². The summed E-state index contributed by atoms with van der Waals surface area (Å²) in [7, 11) is 0. The van der Waals surface area contributed by atoms with E-state index in [9.17, 15) is 14.4 Å². The van der Waals surface area contributed by atoms with E-state index in [1.54, 1.807) is 11.5 Å². The number of carbonyl (C=O) groups excluding carboxylic acids is 2. The van der Waals surface area contributed by atoms with E-state index < -0.39 is 11.4 Å². The smallest absolute Gasteiger partial charge is 0.343 e. The zero-order valence-corrected chi connectivity index (χ0v) is 17.6. The van der Waals surface area contributed by atoms with Crippen molar-refractivity contribution in [1.29, 1.82) is 0 Å². The average Bonchev–Trinajstić information content (AvgIpc) is 2.80. The molecular weight excluding hydrogens is 396 g/mol. The normalized spacial score (nSPS) is 23.8. The second kappa shape index (κ2) is 7.87. The van der Waals surface area contributed by atoms with Crippen LogP contribution >= 0.6 is 0 Å². The highest BCUT2D eigenvalue weighted by atomic mass is 16.5. The van der Waals surface area contributed by atoms with Crippen molar-refractivity contribution in [1.82, 2.24) is 9.47 Å². The molecule has 0 radical (unpaired) electrons. The van der Waals surface area contributed by atoms with Gasteiger partial charge in [0, 0.05) is 18.8 Å². The summed E-state index contributed by atoms with van der Waals surface area (Å²) in [6.07, 6.45) is 5.76. The van der Waals surface area contributed by atoms with Crippen LogP contribution in [0.2, 0.25) is 0 Å². The maximum Gasteiger partial charge on any atom is 0.343 e. The van der Waals surface area contributed by atoms with Gasteiger partial charge in [0.05, 0.1) is 12.6 Å². The quantitative estimate of drug-likeness (QED) is 0.693. The number of benzene rings is 1. The molecule has 0 N–H and O–H groups in total. The lowest BCUT2D eigenvalue weighted by Gasteiger charge is -2.53. The maximum absolute atomic E-state index is 13.6. The van der Waals surface area contributed by atoms with Gasteiger partial charge in [-0.25, -0.2) is 4.79 Å². The van der Waals surface area contributed by atoms with Crippen molar-refractivity contribution in [3.8, 4) is 5.75 Å². The van der Waals surface area contributed by atoms with E-state index in [-0.39, 0.29) is 48.2 Å². The Morgan fingerprint density at radius 1 is 1.10 bits per heavy atom. The van der Waals surface area contributed by atoms with Crippen molar-refractivity contribution in [2.24, 2.45) is 5.92 Å². The fourth-order valence-electron chi connectivity index (χ4n) is 5.36. The van der Waals surface area contributed by atoms with E-state index in [0.717, 1.165) is 31.2 Å². The number of piperidine rings is 2. The van der Waals surface area contributed by atoms with Crippen LogP contribution in [0.1, 0.15) is 59.0 Å². The Balaban J connectivity index is 1.59. The van der Waals surface area contributed by atoms with Crippen LogP contribution in [0, 0.1) is 5.92 Å². The Morgan fingerprint density at radius 3 is 2.55 bits per heavy atom. The Hall–Kier alpha value is -3.09. The van der Waals surface area contributed by atoms with Gasteiger partial charge in [-0.2, -0.15) is 0 Å². The molecule has 7 nitrogen and oxygen atoms in total. The van der Waals surface area contributed by atoms with Crippen LogP contribution < -0.4 is 10.2 Å². The first-order chi connectivity index (χ1) is 15.1. The average molecular weight is 422 g/mol. The van der Waals surface area contributed by atoms with Crippen LogP contribution in [-0.2, 0) is 17.9 Å². The Labute approximate surface area is 180 Å². The highest BCUT2D eigenvalue weighted by Crippen LogP contribution is 2.43. The molecule has 1 aliphatic carbocycles. The van der Waals surface area contributed by atoms with Gasteiger partial charge in [0.1, 0.15) is 12.2 Å². The molecule has 0 spiro atoms. The largest absolute Gasteiger partial charge is 0.483 e. The van der Waals surface area contributed by atoms with Gasteiger partial charge in [-0.05, 0) is 44.1 Å². The summed E-state index contributed by atoms with van der Waals surface area (Å²) in [5.41, 5.74) is 0.448. The first-order valence-corrected chi connectivity index (χ1v) is 11.0. The highest BCUT2D eigenvalue weighted by Gasteiger charge is 2.48. The highest BCUT2D eigenvalue weighted by molar-refractivity contribution is 5.98. The summed E-state index contributed by atoms with van der Waals surface area (Å²) < 4.78 is 12.8. The monoisotopic (exact) mass is 422 g/mol. The molecular formula is C24H26N2O5. The lowest BCUT2D eigenvalue weighted by molar-refractivity contribution is -0.0183. The lowest BCUT2D eigenvalue weighted by atomic mass is 9.73. The molecule has 4 heterocycles. The maximum atomic E-state index is 13.6. The third-order valence-electron chi connectivity index (χ3n) is 6.82. The summed E-state index contributed by atoms with van der Waals surface area (Å²) in [4.78, 5) is 41.3. The minimum Gasteiger partial charge on any atom is -0.483 e. The van der Waals surface area contributed by atoms with Crippen molar-refractivity contribution >= 4 is 11.9 Å². The molecule has 31 heavy (non-hydrogen) atoms. The number of nitrogens with zero attached hydrogens (tertiary/aromatic N) is 2. The zero-order valence-electron chi connectivity index (χ0n) is 17.6. The molecule has 6 rings (SSSR count). The van der Waals surface area contributed by atoms with Gasteiger partial charge in [0.15, 0.2) is 11.4 Å². The second-order valence-electron chi connectivity index (χ2n) is 8.55. The number of pyridine rings is 1. The summed E-state index contributed by atoms with van der Waals surface area (Å²) in [6, 6.07) is 9.77. The molecule has 2 bridgehead atoms. The van der Waals surface area contributed by atoms with Gasteiger partial charge < -0.3 is 18.9 Å². The van der Waals surface area contributed by atoms with Gasteiger partial charge in [0.25, 0.3) is 5.91 Å². The van der Waals surface area contributed by atoms with E-state index in [0.29, 0.717) is 12.5 Å². The number of aromatic nitrogens is 1. The Morgan fingerprint density at radius 2 is 1.84 bits per heavy atom. The van der Waals surface area contributed by atoms with E-state index in [4.69, 9.17) is 9.47 Å². The Kier molecular flexibility index (Phi) is 5.04. The summed E-state index contributed by atoms with van der Waals surface area (Å²) in [5, 5.41) is 0. The standard InChI is InChI=1S/C24H26N2O5/c1-2-30-24(29)18-12-25-13-19-16-8-10-17(11-9-16)26(19)23(28)20(25)22(21(18)27)31-14-15-6-4-3-5-7-15/h3-7,12,16-17,19H,2,8-11,13-14H2,1H3/t16-,17+,19-/m1/s1. The van der Waals surface area contributed by atoms with Crippen molar-refractivity contribution in [2.75, 3.05) is 6.61 Å². The minimum atomic E-state index is -0.688. The van der Waals surface area contributed by atoms with E-state index in [1.807, 2.05) is 35.2 Å². The van der Waals surface area contributed by atoms with Crippen LogP contribution in [0.5, 0.6) is 5.75 Å². The van der Waals surface area contributed by atoms with Gasteiger partial charge in [-0.1, -0.05) is 30.3 Å². The van der Waals surface area contributed by atoms with E-state index in [1.165, 1.54) is 6.20 Å². The zero-order chi connectivity index (χ0) is 21.5. The molecule has 3 aliphatic heterocycles. The van der Waals surface area contributed by atoms with Crippen molar-refractivity contribution in [3.63, 3.8) is 0 Å². The first kappa shape index (κ1) is 19.8. The summed E-state index contributed by atoms with van der Waals surface area (Å²) >= 11 is 0. The predicted octanol–water partition coefficient (Wildman–Crippen LogP) is 3.00. The van der Waals surface area contributed by atoms with E-state index in [2.05, 4.69) is 0 Å². The van der Waals surface area contributed by atoms with Crippen molar-refractivity contribution in [2.45, 2.75) is 57.8 Å². The molecule has 0 unspecified atom stereocenters. The number of fused-ring (bicyclic) bond motifs is 3. The molecule has 7 heteroatoms. The molecule has 4 aliphatic rings. The summed E-state index contributed by atoms with van der Waals surface area (Å²) in [6.45, 7) is 2.56. The fraction of sp³-hybridized carbons (Fsp3) is 0.458. The SMILES string of the molecule is CCOC(=O)c1cn2c(c(OCc3ccccc3)c1=O)C(=O)N1[C@H]3CC[C@H](CC3)[C@H]1C2. The van der Waals surface area contributed by atoms with Crippen LogP contribution in [0.25, 0.3) is 0 Å². The molecule has 1 aromatic carbocycles. The lowest BCUT2D eigenvalue weighted by Crippen LogP contribution is -2.62. The molecule has 1 saturated carbocycles. The van der Waals surface area contributed by atoms with Gasteiger partial charge in [0.2, 0.25) is 5.43 Å².